The number of carbonyl (C=O) groups is 1. The molecule has 4 nitrogen and oxygen atoms in total. The summed E-state index contributed by atoms with van der Waals surface area (Å²) in [4.78, 5) is 16.6. The van der Waals surface area contributed by atoms with Crippen molar-refractivity contribution in [2.45, 2.75) is 13.5 Å². The highest BCUT2D eigenvalue weighted by Crippen LogP contribution is 2.20. The average molecular weight is 352 g/mol. The maximum atomic E-state index is 12.3. The maximum absolute atomic E-state index is 12.3. The molecule has 2 aromatic carbocycles. The second-order valence-electron chi connectivity index (χ2n) is 5.68. The van der Waals surface area contributed by atoms with E-state index in [0.29, 0.717) is 17.1 Å². The number of hydrogen-bond donors (Lipinski definition) is 2. The van der Waals surface area contributed by atoms with E-state index in [4.69, 9.17) is 11.6 Å². The summed E-state index contributed by atoms with van der Waals surface area (Å²) in [6.07, 6.45) is 1.56. The van der Waals surface area contributed by atoms with Crippen molar-refractivity contribution in [2.24, 2.45) is 0 Å². The lowest BCUT2D eigenvalue weighted by Crippen LogP contribution is -2.13. The molecule has 0 radical (unpaired) electrons. The number of benzene rings is 2. The topological polar surface area (TPSA) is 54.0 Å². The van der Waals surface area contributed by atoms with Gasteiger partial charge in [-0.05, 0) is 48.4 Å². The van der Waals surface area contributed by atoms with E-state index in [9.17, 15) is 4.79 Å². The van der Waals surface area contributed by atoms with Crippen molar-refractivity contribution in [2.75, 3.05) is 10.6 Å². The van der Waals surface area contributed by atoms with Crippen LogP contribution >= 0.6 is 11.6 Å². The van der Waals surface area contributed by atoms with Gasteiger partial charge < -0.3 is 10.6 Å². The average Bonchev–Trinajstić information content (AvgIpc) is 2.63. The van der Waals surface area contributed by atoms with Crippen molar-refractivity contribution >= 4 is 29.0 Å². The van der Waals surface area contributed by atoms with Gasteiger partial charge in [0.15, 0.2) is 0 Å². The van der Waals surface area contributed by atoms with E-state index in [-0.39, 0.29) is 5.91 Å². The lowest BCUT2D eigenvalue weighted by molar-refractivity contribution is 0.102. The van der Waals surface area contributed by atoms with Gasteiger partial charge >= 0.3 is 0 Å². The van der Waals surface area contributed by atoms with Gasteiger partial charge in [-0.1, -0.05) is 41.9 Å². The first kappa shape index (κ1) is 17.0. The third-order valence-corrected chi connectivity index (χ3v) is 4.01. The van der Waals surface area contributed by atoms with E-state index < -0.39 is 0 Å². The molecule has 0 aliphatic carbocycles. The van der Waals surface area contributed by atoms with Gasteiger partial charge in [0.2, 0.25) is 0 Å². The summed E-state index contributed by atoms with van der Waals surface area (Å²) in [5.41, 5.74) is 3.32. The third kappa shape index (κ3) is 4.58. The predicted molar refractivity (Wildman–Crippen MR) is 102 cm³/mol. The Bertz CT molecular complexity index is 864. The molecule has 126 valence electrons. The largest absolute Gasteiger partial charge is 0.366 e. The lowest BCUT2D eigenvalue weighted by Gasteiger charge is -2.09. The molecule has 1 aromatic heterocycles. The highest BCUT2D eigenvalue weighted by molar-refractivity contribution is 6.30. The maximum Gasteiger partial charge on any atom is 0.257 e. The van der Waals surface area contributed by atoms with E-state index >= 15 is 0 Å². The molecule has 0 saturated heterocycles. The summed E-state index contributed by atoms with van der Waals surface area (Å²) in [6, 6.07) is 19.0. The van der Waals surface area contributed by atoms with Crippen molar-refractivity contribution in [3.8, 4) is 0 Å². The first-order valence-corrected chi connectivity index (χ1v) is 8.31. The molecule has 2 N–H and O–H groups in total. The Hall–Kier alpha value is -2.85. The Balaban J connectivity index is 1.62. The van der Waals surface area contributed by atoms with Crippen molar-refractivity contribution < 1.29 is 4.79 Å². The standard InChI is InChI=1S/C20H18ClN3O/c1-14-11-17(21)8-9-18(14)24-20(25)16-7-10-19(23-13-16)22-12-15-5-3-2-4-6-15/h2-11,13H,12H2,1H3,(H,22,23)(H,24,25). The highest BCUT2D eigenvalue weighted by atomic mass is 35.5. The second kappa shape index (κ2) is 7.81. The Morgan fingerprint density at radius 2 is 1.88 bits per heavy atom. The van der Waals surface area contributed by atoms with Crippen LogP contribution in [0, 0.1) is 6.92 Å². The first-order chi connectivity index (χ1) is 12.1. The Morgan fingerprint density at radius 1 is 1.08 bits per heavy atom. The number of nitrogens with zero attached hydrogens (tertiary/aromatic N) is 1. The Morgan fingerprint density at radius 3 is 2.56 bits per heavy atom. The monoisotopic (exact) mass is 351 g/mol. The van der Waals surface area contributed by atoms with Crippen molar-refractivity contribution in [1.29, 1.82) is 0 Å². The zero-order chi connectivity index (χ0) is 17.6. The van der Waals surface area contributed by atoms with Gasteiger partial charge in [0, 0.05) is 23.5 Å². The van der Waals surface area contributed by atoms with E-state index in [1.807, 2.05) is 43.3 Å². The molecule has 0 saturated carbocycles. The summed E-state index contributed by atoms with van der Waals surface area (Å²) < 4.78 is 0. The van der Waals surface area contributed by atoms with E-state index in [0.717, 1.165) is 17.1 Å². The number of carbonyl (C=O) groups excluding carboxylic acids is 1. The number of rotatable bonds is 5. The van der Waals surface area contributed by atoms with Gasteiger partial charge in [0.05, 0.1) is 5.56 Å². The third-order valence-electron chi connectivity index (χ3n) is 3.78. The highest BCUT2D eigenvalue weighted by Gasteiger charge is 2.08. The van der Waals surface area contributed by atoms with E-state index in [1.165, 1.54) is 5.56 Å². The van der Waals surface area contributed by atoms with Crippen molar-refractivity contribution in [1.82, 2.24) is 4.98 Å². The van der Waals surface area contributed by atoms with Crippen LogP contribution in [0.1, 0.15) is 21.5 Å². The summed E-state index contributed by atoms with van der Waals surface area (Å²) in [5, 5.41) is 6.75. The molecule has 3 aromatic rings. The molecule has 1 amide bonds. The van der Waals surface area contributed by atoms with Crippen molar-refractivity contribution in [3.05, 3.63) is 88.6 Å². The Kier molecular flexibility index (Phi) is 5.31. The fourth-order valence-corrected chi connectivity index (χ4v) is 2.61. The van der Waals surface area contributed by atoms with Crippen LogP contribution in [0.2, 0.25) is 5.02 Å². The minimum Gasteiger partial charge on any atom is -0.366 e. The zero-order valence-electron chi connectivity index (χ0n) is 13.8. The zero-order valence-corrected chi connectivity index (χ0v) is 14.5. The van der Waals surface area contributed by atoms with Gasteiger partial charge in [-0.25, -0.2) is 4.98 Å². The minimum absolute atomic E-state index is 0.201. The molecule has 5 heteroatoms. The summed E-state index contributed by atoms with van der Waals surface area (Å²) in [7, 11) is 0. The molecule has 0 bridgehead atoms. The lowest BCUT2D eigenvalue weighted by atomic mass is 10.2. The smallest absolute Gasteiger partial charge is 0.257 e. The minimum atomic E-state index is -0.201. The molecular weight excluding hydrogens is 334 g/mol. The number of anilines is 2. The first-order valence-electron chi connectivity index (χ1n) is 7.93. The molecule has 0 spiro atoms. The van der Waals surface area contributed by atoms with Crippen LogP contribution in [0.3, 0.4) is 0 Å². The Labute approximate surface area is 151 Å². The molecule has 0 aliphatic heterocycles. The van der Waals surface area contributed by atoms with Crippen LogP contribution in [0.4, 0.5) is 11.5 Å². The molecule has 25 heavy (non-hydrogen) atoms. The molecule has 3 rings (SSSR count). The number of nitrogens with one attached hydrogen (secondary N) is 2. The number of halogens is 1. The van der Waals surface area contributed by atoms with Crippen LogP contribution in [-0.4, -0.2) is 10.9 Å². The van der Waals surface area contributed by atoms with E-state index in [2.05, 4.69) is 15.6 Å². The number of hydrogen-bond acceptors (Lipinski definition) is 3. The fourth-order valence-electron chi connectivity index (χ4n) is 2.38. The number of pyridine rings is 1. The van der Waals surface area contributed by atoms with Crippen LogP contribution in [0.15, 0.2) is 66.9 Å². The second-order valence-corrected chi connectivity index (χ2v) is 6.12. The van der Waals surface area contributed by atoms with Crippen molar-refractivity contribution in [3.63, 3.8) is 0 Å². The van der Waals surface area contributed by atoms with Crippen LogP contribution < -0.4 is 10.6 Å². The van der Waals surface area contributed by atoms with Crippen LogP contribution in [0.25, 0.3) is 0 Å². The molecule has 1 heterocycles. The van der Waals surface area contributed by atoms with Crippen LogP contribution in [0.5, 0.6) is 0 Å². The molecule has 0 unspecified atom stereocenters. The quantitative estimate of drug-likeness (QED) is 0.686. The normalized spacial score (nSPS) is 10.3. The number of aryl methyl sites for hydroxylation is 1. The fraction of sp³-hybridized carbons (Fsp3) is 0.100. The molecule has 0 aliphatic rings. The SMILES string of the molecule is Cc1cc(Cl)ccc1NC(=O)c1ccc(NCc2ccccc2)nc1. The molecule has 0 fully saturated rings. The predicted octanol–water partition coefficient (Wildman–Crippen LogP) is 4.91. The number of amides is 1. The van der Waals surface area contributed by atoms with Gasteiger partial charge in [0.25, 0.3) is 5.91 Å². The summed E-state index contributed by atoms with van der Waals surface area (Å²) >= 11 is 5.93. The summed E-state index contributed by atoms with van der Waals surface area (Å²) in [5.74, 6) is 0.524. The number of aromatic nitrogens is 1. The molecular formula is C20H18ClN3O. The van der Waals surface area contributed by atoms with E-state index in [1.54, 1.807) is 30.5 Å². The molecule has 0 atom stereocenters. The summed E-state index contributed by atoms with van der Waals surface area (Å²) in [6.45, 7) is 2.58. The van der Waals surface area contributed by atoms with Gasteiger partial charge in [0.1, 0.15) is 5.82 Å². The van der Waals surface area contributed by atoms with Gasteiger partial charge in [-0.15, -0.1) is 0 Å². The van der Waals surface area contributed by atoms with Gasteiger partial charge in [-0.3, -0.25) is 4.79 Å². The van der Waals surface area contributed by atoms with Gasteiger partial charge in [-0.2, -0.15) is 0 Å². The van der Waals surface area contributed by atoms with Crippen LogP contribution in [-0.2, 0) is 6.54 Å².